The number of carboxylic acid groups (broad SMARTS) is 1. The SMILES string of the molecule is C[C@H]1N(c2c(F)cc3c(=O)c(C(=O)O)cn(C4CC4)c3c2F)C[C@]1(C)O. The number of hydrogen-bond donors (Lipinski definition) is 2. The van der Waals surface area contributed by atoms with Crippen LogP contribution in [0.15, 0.2) is 17.1 Å². The normalized spacial score (nSPS) is 25.4. The molecule has 26 heavy (non-hydrogen) atoms. The van der Waals surface area contributed by atoms with Crippen molar-refractivity contribution < 1.29 is 23.8 Å². The summed E-state index contributed by atoms with van der Waals surface area (Å²) in [6, 6.07) is 0.297. The minimum absolute atomic E-state index is 0.0639. The Morgan fingerprint density at radius 1 is 1.35 bits per heavy atom. The largest absolute Gasteiger partial charge is 0.477 e. The summed E-state index contributed by atoms with van der Waals surface area (Å²) in [4.78, 5) is 25.2. The number of carboxylic acids is 1. The average Bonchev–Trinajstić information content (AvgIpc) is 3.39. The van der Waals surface area contributed by atoms with Gasteiger partial charge in [-0.05, 0) is 32.8 Å². The Labute approximate surface area is 147 Å². The van der Waals surface area contributed by atoms with Crippen LogP contribution < -0.4 is 10.3 Å². The van der Waals surface area contributed by atoms with E-state index in [9.17, 15) is 24.2 Å². The third-order valence-corrected chi connectivity index (χ3v) is 5.50. The van der Waals surface area contributed by atoms with Gasteiger partial charge in [-0.25, -0.2) is 13.6 Å². The number of aliphatic hydroxyl groups is 1. The van der Waals surface area contributed by atoms with Crippen LogP contribution in [-0.2, 0) is 0 Å². The van der Waals surface area contributed by atoms with Gasteiger partial charge in [-0.15, -0.1) is 0 Å². The summed E-state index contributed by atoms with van der Waals surface area (Å²) >= 11 is 0. The maximum atomic E-state index is 15.3. The molecule has 138 valence electrons. The number of nitrogens with zero attached hydrogens (tertiary/aromatic N) is 2. The van der Waals surface area contributed by atoms with E-state index in [1.54, 1.807) is 13.8 Å². The molecule has 0 amide bonds. The smallest absolute Gasteiger partial charge is 0.341 e. The molecular formula is C18H18F2N2O4. The van der Waals surface area contributed by atoms with Crippen molar-refractivity contribution in [1.82, 2.24) is 4.57 Å². The lowest BCUT2D eigenvalue weighted by molar-refractivity contribution is -0.00869. The van der Waals surface area contributed by atoms with E-state index in [-0.39, 0.29) is 29.2 Å². The van der Waals surface area contributed by atoms with E-state index in [1.165, 1.54) is 9.47 Å². The second-order valence-electron chi connectivity index (χ2n) is 7.39. The van der Waals surface area contributed by atoms with Crippen molar-refractivity contribution in [1.29, 1.82) is 0 Å². The molecular weight excluding hydrogens is 346 g/mol. The molecule has 2 N–H and O–H groups in total. The minimum Gasteiger partial charge on any atom is -0.477 e. The minimum atomic E-state index is -1.43. The first-order valence-electron chi connectivity index (χ1n) is 8.42. The Morgan fingerprint density at radius 2 is 2.00 bits per heavy atom. The van der Waals surface area contributed by atoms with Crippen molar-refractivity contribution >= 4 is 22.6 Å². The van der Waals surface area contributed by atoms with Gasteiger partial charge in [-0.2, -0.15) is 0 Å². The fourth-order valence-corrected chi connectivity index (χ4v) is 3.60. The summed E-state index contributed by atoms with van der Waals surface area (Å²) in [6.45, 7) is 3.31. The number of pyridine rings is 1. The summed E-state index contributed by atoms with van der Waals surface area (Å²) in [6.07, 6.45) is 2.61. The van der Waals surface area contributed by atoms with Crippen LogP contribution >= 0.6 is 0 Å². The van der Waals surface area contributed by atoms with Gasteiger partial charge in [0.05, 0.1) is 22.5 Å². The lowest BCUT2D eigenvalue weighted by Crippen LogP contribution is -2.67. The zero-order valence-corrected chi connectivity index (χ0v) is 14.3. The quantitative estimate of drug-likeness (QED) is 0.873. The van der Waals surface area contributed by atoms with Gasteiger partial charge < -0.3 is 19.7 Å². The van der Waals surface area contributed by atoms with Crippen LogP contribution in [0.1, 0.15) is 43.1 Å². The molecule has 0 unspecified atom stereocenters. The van der Waals surface area contributed by atoms with Crippen molar-refractivity contribution in [3.63, 3.8) is 0 Å². The van der Waals surface area contributed by atoms with Crippen molar-refractivity contribution in [3.05, 3.63) is 39.7 Å². The number of aromatic carboxylic acids is 1. The number of anilines is 1. The first-order chi connectivity index (χ1) is 12.1. The van der Waals surface area contributed by atoms with Crippen molar-refractivity contribution in [2.45, 2.75) is 44.4 Å². The van der Waals surface area contributed by atoms with E-state index >= 15 is 4.39 Å². The highest BCUT2D eigenvalue weighted by molar-refractivity contribution is 5.94. The molecule has 4 rings (SSSR count). The molecule has 0 radical (unpaired) electrons. The maximum absolute atomic E-state index is 15.3. The van der Waals surface area contributed by atoms with E-state index in [0.717, 1.165) is 25.1 Å². The molecule has 0 bridgehead atoms. The molecule has 2 atom stereocenters. The predicted molar refractivity (Wildman–Crippen MR) is 90.8 cm³/mol. The van der Waals surface area contributed by atoms with Gasteiger partial charge in [0, 0.05) is 18.8 Å². The summed E-state index contributed by atoms with van der Waals surface area (Å²) in [5.74, 6) is -3.27. The van der Waals surface area contributed by atoms with E-state index < -0.39 is 40.2 Å². The van der Waals surface area contributed by atoms with Crippen LogP contribution in [0.4, 0.5) is 14.5 Å². The van der Waals surface area contributed by atoms with Crippen LogP contribution in [-0.4, -0.2) is 38.9 Å². The van der Waals surface area contributed by atoms with Crippen LogP contribution in [0.25, 0.3) is 10.9 Å². The monoisotopic (exact) mass is 364 g/mol. The third kappa shape index (κ3) is 2.25. The van der Waals surface area contributed by atoms with Crippen LogP contribution in [0.5, 0.6) is 0 Å². The zero-order chi connectivity index (χ0) is 19.0. The Kier molecular flexibility index (Phi) is 3.43. The predicted octanol–water partition coefficient (Wildman–Crippen LogP) is 2.27. The van der Waals surface area contributed by atoms with Gasteiger partial charge in [0.2, 0.25) is 5.43 Å². The Bertz CT molecular complexity index is 1010. The number of rotatable bonds is 3. The molecule has 2 fully saturated rings. The van der Waals surface area contributed by atoms with Crippen LogP contribution in [0.3, 0.4) is 0 Å². The molecule has 0 spiro atoms. The molecule has 1 aliphatic heterocycles. The van der Waals surface area contributed by atoms with Crippen molar-refractivity contribution in [3.8, 4) is 0 Å². The van der Waals surface area contributed by atoms with E-state index in [0.29, 0.717) is 0 Å². The maximum Gasteiger partial charge on any atom is 0.341 e. The molecule has 1 aliphatic carbocycles. The van der Waals surface area contributed by atoms with E-state index in [1.807, 2.05) is 0 Å². The first kappa shape index (κ1) is 17.0. The number of fused-ring (bicyclic) bond motifs is 1. The van der Waals surface area contributed by atoms with Crippen molar-refractivity contribution in [2.75, 3.05) is 11.4 Å². The van der Waals surface area contributed by atoms with Gasteiger partial charge in [-0.1, -0.05) is 0 Å². The molecule has 2 aromatic rings. The number of halogens is 2. The second kappa shape index (κ2) is 5.26. The Hall–Kier alpha value is -2.48. The fraction of sp³-hybridized carbons (Fsp3) is 0.444. The third-order valence-electron chi connectivity index (χ3n) is 5.50. The van der Waals surface area contributed by atoms with Crippen LogP contribution in [0, 0.1) is 11.6 Å². The highest BCUT2D eigenvalue weighted by Gasteiger charge is 2.47. The Balaban J connectivity index is 2.01. The number of benzene rings is 1. The molecule has 6 nitrogen and oxygen atoms in total. The molecule has 8 heteroatoms. The van der Waals surface area contributed by atoms with E-state index in [2.05, 4.69) is 0 Å². The van der Waals surface area contributed by atoms with Gasteiger partial charge in [0.25, 0.3) is 0 Å². The standard InChI is InChI=1S/C18H18F2N2O4/c1-8-18(2,26)7-22(8)15-12(19)5-10-14(13(15)20)21(9-3-4-9)6-11(16(10)23)17(24)25/h5-6,8-9,26H,3-4,7H2,1-2H3,(H,24,25)/t8-,18+/m1/s1. The summed E-state index contributed by atoms with van der Waals surface area (Å²) in [7, 11) is 0. The highest BCUT2D eigenvalue weighted by Crippen LogP contribution is 2.42. The van der Waals surface area contributed by atoms with E-state index in [4.69, 9.17) is 0 Å². The Morgan fingerprint density at radius 3 is 2.50 bits per heavy atom. The molecule has 2 heterocycles. The summed E-state index contributed by atoms with van der Waals surface area (Å²) in [5, 5.41) is 19.0. The van der Waals surface area contributed by atoms with Gasteiger partial charge in [0.15, 0.2) is 5.82 Å². The summed E-state index contributed by atoms with van der Waals surface area (Å²) < 4.78 is 31.4. The first-order valence-corrected chi connectivity index (χ1v) is 8.42. The average molecular weight is 364 g/mol. The topological polar surface area (TPSA) is 82.8 Å². The number of β-amino-alcohol motifs (C(OH)–C–C–N with tert-alkyl or cyclic N) is 1. The second-order valence-corrected chi connectivity index (χ2v) is 7.39. The molecule has 2 aliphatic rings. The lowest BCUT2D eigenvalue weighted by Gasteiger charge is -2.52. The highest BCUT2D eigenvalue weighted by atomic mass is 19.1. The zero-order valence-electron chi connectivity index (χ0n) is 14.3. The fourth-order valence-electron chi connectivity index (χ4n) is 3.60. The number of carbonyl (C=O) groups is 1. The number of aromatic nitrogens is 1. The van der Waals surface area contributed by atoms with Gasteiger partial charge in [0.1, 0.15) is 17.1 Å². The molecule has 1 aromatic carbocycles. The van der Waals surface area contributed by atoms with Crippen molar-refractivity contribution in [2.24, 2.45) is 0 Å². The number of hydrogen-bond acceptors (Lipinski definition) is 4. The molecule has 1 saturated carbocycles. The molecule has 1 aromatic heterocycles. The van der Waals surface area contributed by atoms with Crippen LogP contribution in [0.2, 0.25) is 0 Å². The van der Waals surface area contributed by atoms with Gasteiger partial charge >= 0.3 is 5.97 Å². The lowest BCUT2D eigenvalue weighted by atomic mass is 9.85. The molecule has 1 saturated heterocycles. The van der Waals surface area contributed by atoms with Gasteiger partial charge in [-0.3, -0.25) is 4.79 Å². The summed E-state index contributed by atoms with van der Waals surface area (Å²) in [5.41, 5.74) is -2.85.